The molecular weight excluding hydrogens is 144 g/mol. The van der Waals surface area contributed by atoms with Crippen molar-refractivity contribution in [3.8, 4) is 0 Å². The molecule has 1 N–H and O–H groups in total. The van der Waals surface area contributed by atoms with Gasteiger partial charge >= 0.3 is 0 Å². The van der Waals surface area contributed by atoms with Crippen LogP contribution >= 0.6 is 0 Å². The summed E-state index contributed by atoms with van der Waals surface area (Å²) in [7, 11) is 1.50. The van der Waals surface area contributed by atoms with E-state index in [0.717, 1.165) is 12.0 Å². The number of hydroxylamine groups is 2. The summed E-state index contributed by atoms with van der Waals surface area (Å²) < 4.78 is 0. The molecule has 0 spiro atoms. The first kappa shape index (κ1) is 8.23. The van der Waals surface area contributed by atoms with Gasteiger partial charge in [0.15, 0.2) is 0 Å². The van der Waals surface area contributed by atoms with Crippen LogP contribution in [0.25, 0.3) is 0 Å². The molecule has 1 aliphatic rings. The summed E-state index contributed by atoms with van der Waals surface area (Å²) in [4.78, 5) is 4.51. The Morgan fingerprint density at radius 2 is 2.64 bits per heavy atom. The van der Waals surface area contributed by atoms with Crippen molar-refractivity contribution in [3.63, 3.8) is 0 Å². The number of nitrogens with zero attached hydrogens (tertiary/aromatic N) is 2. The SMILES string of the molecule is CON=CC1=CCCN(O)C1. The summed E-state index contributed by atoms with van der Waals surface area (Å²) in [6, 6.07) is 0. The second-order valence-corrected chi connectivity index (χ2v) is 2.37. The van der Waals surface area contributed by atoms with E-state index in [1.807, 2.05) is 6.08 Å². The summed E-state index contributed by atoms with van der Waals surface area (Å²) >= 11 is 0. The molecule has 4 nitrogen and oxygen atoms in total. The van der Waals surface area contributed by atoms with E-state index in [1.165, 1.54) is 12.2 Å². The molecule has 0 bridgehead atoms. The van der Waals surface area contributed by atoms with Gasteiger partial charge < -0.3 is 10.0 Å². The van der Waals surface area contributed by atoms with Gasteiger partial charge in [-0.3, -0.25) is 0 Å². The van der Waals surface area contributed by atoms with E-state index in [4.69, 9.17) is 5.21 Å². The molecule has 1 rings (SSSR count). The van der Waals surface area contributed by atoms with E-state index in [1.54, 1.807) is 6.21 Å². The number of oxime groups is 1. The lowest BCUT2D eigenvalue weighted by Gasteiger charge is -2.18. The zero-order chi connectivity index (χ0) is 8.10. The summed E-state index contributed by atoms with van der Waals surface area (Å²) in [5.74, 6) is 0. The van der Waals surface area contributed by atoms with Crippen molar-refractivity contribution in [2.24, 2.45) is 5.16 Å². The van der Waals surface area contributed by atoms with Crippen LogP contribution in [0.4, 0.5) is 0 Å². The summed E-state index contributed by atoms with van der Waals surface area (Å²) in [5, 5.41) is 13.9. The monoisotopic (exact) mass is 156 g/mol. The molecule has 0 aromatic rings. The Bertz CT molecular complexity index is 177. The van der Waals surface area contributed by atoms with Gasteiger partial charge in [-0.25, -0.2) is 0 Å². The van der Waals surface area contributed by atoms with Crippen LogP contribution in [0.3, 0.4) is 0 Å². The highest BCUT2D eigenvalue weighted by atomic mass is 16.6. The molecule has 1 aliphatic heterocycles. The molecule has 0 unspecified atom stereocenters. The third-order valence-electron chi connectivity index (χ3n) is 1.48. The first-order chi connectivity index (χ1) is 5.33. The second kappa shape index (κ2) is 4.10. The minimum atomic E-state index is 0.535. The second-order valence-electron chi connectivity index (χ2n) is 2.37. The van der Waals surface area contributed by atoms with Crippen molar-refractivity contribution in [3.05, 3.63) is 11.6 Å². The van der Waals surface area contributed by atoms with Crippen molar-refractivity contribution >= 4 is 6.21 Å². The van der Waals surface area contributed by atoms with Crippen molar-refractivity contribution in [1.29, 1.82) is 0 Å². The molecule has 0 fully saturated rings. The first-order valence-corrected chi connectivity index (χ1v) is 3.52. The first-order valence-electron chi connectivity index (χ1n) is 3.52. The molecule has 0 amide bonds. The van der Waals surface area contributed by atoms with Gasteiger partial charge in [0.25, 0.3) is 0 Å². The standard InChI is InChI=1S/C7H12N2O2/c1-11-8-5-7-3-2-4-9(10)6-7/h3,5,10H,2,4,6H2,1H3. The highest BCUT2D eigenvalue weighted by Crippen LogP contribution is 2.04. The smallest absolute Gasteiger partial charge is 0.106 e. The van der Waals surface area contributed by atoms with Gasteiger partial charge in [0.05, 0.1) is 12.8 Å². The molecule has 0 atom stereocenters. The fourth-order valence-electron chi connectivity index (χ4n) is 0.967. The van der Waals surface area contributed by atoms with Gasteiger partial charge in [-0.05, 0) is 12.0 Å². The largest absolute Gasteiger partial charge is 0.399 e. The average Bonchev–Trinajstić information content (AvgIpc) is 2.01. The van der Waals surface area contributed by atoms with Crippen LogP contribution in [0.2, 0.25) is 0 Å². The number of rotatable bonds is 2. The van der Waals surface area contributed by atoms with Crippen molar-refractivity contribution in [2.75, 3.05) is 20.2 Å². The summed E-state index contributed by atoms with van der Waals surface area (Å²) in [5.41, 5.74) is 0.987. The normalized spacial score (nSPS) is 20.4. The maximum Gasteiger partial charge on any atom is 0.106 e. The molecule has 0 radical (unpaired) electrons. The molecule has 0 aromatic carbocycles. The highest BCUT2D eigenvalue weighted by Gasteiger charge is 2.07. The van der Waals surface area contributed by atoms with E-state index in [2.05, 4.69) is 9.99 Å². The van der Waals surface area contributed by atoms with E-state index >= 15 is 0 Å². The van der Waals surface area contributed by atoms with Gasteiger partial charge in [-0.15, -0.1) is 0 Å². The summed E-state index contributed by atoms with van der Waals surface area (Å²) in [6.07, 6.45) is 4.51. The Hall–Kier alpha value is -0.870. The molecule has 0 aliphatic carbocycles. The Morgan fingerprint density at radius 3 is 3.27 bits per heavy atom. The van der Waals surface area contributed by atoms with E-state index < -0.39 is 0 Å². The molecule has 62 valence electrons. The lowest BCUT2D eigenvalue weighted by Crippen LogP contribution is -2.26. The predicted octanol–water partition coefficient (Wildman–Crippen LogP) is 0.640. The topological polar surface area (TPSA) is 45.1 Å². The Morgan fingerprint density at radius 1 is 1.82 bits per heavy atom. The zero-order valence-electron chi connectivity index (χ0n) is 6.53. The minimum absolute atomic E-state index is 0.535. The van der Waals surface area contributed by atoms with Gasteiger partial charge in [0.1, 0.15) is 7.11 Å². The number of hydrogen-bond acceptors (Lipinski definition) is 4. The molecule has 1 heterocycles. The lowest BCUT2D eigenvalue weighted by atomic mass is 10.2. The Balaban J connectivity index is 2.44. The fourth-order valence-corrected chi connectivity index (χ4v) is 0.967. The molecule has 0 saturated carbocycles. The van der Waals surface area contributed by atoms with Gasteiger partial charge in [-0.1, -0.05) is 11.2 Å². The van der Waals surface area contributed by atoms with Crippen LogP contribution in [0.5, 0.6) is 0 Å². The minimum Gasteiger partial charge on any atom is -0.399 e. The molecule has 0 saturated heterocycles. The van der Waals surface area contributed by atoms with Crippen LogP contribution in [0, 0.1) is 0 Å². The van der Waals surface area contributed by atoms with E-state index in [9.17, 15) is 0 Å². The molecular formula is C7H12N2O2. The van der Waals surface area contributed by atoms with Crippen molar-refractivity contribution < 1.29 is 10.0 Å². The van der Waals surface area contributed by atoms with Crippen molar-refractivity contribution in [2.45, 2.75) is 6.42 Å². The average molecular weight is 156 g/mol. The zero-order valence-corrected chi connectivity index (χ0v) is 6.53. The van der Waals surface area contributed by atoms with Crippen LogP contribution in [0.1, 0.15) is 6.42 Å². The molecule has 4 heteroatoms. The predicted molar refractivity (Wildman–Crippen MR) is 41.6 cm³/mol. The quantitative estimate of drug-likeness (QED) is 0.471. The van der Waals surface area contributed by atoms with E-state index in [-0.39, 0.29) is 0 Å². The fraction of sp³-hybridized carbons (Fsp3) is 0.571. The van der Waals surface area contributed by atoms with Gasteiger partial charge in [-0.2, -0.15) is 5.06 Å². The lowest BCUT2D eigenvalue weighted by molar-refractivity contribution is -0.0830. The van der Waals surface area contributed by atoms with Gasteiger partial charge in [0, 0.05) is 6.54 Å². The third kappa shape index (κ3) is 2.69. The maximum atomic E-state index is 9.07. The van der Waals surface area contributed by atoms with Crippen LogP contribution in [-0.4, -0.2) is 36.7 Å². The molecule has 11 heavy (non-hydrogen) atoms. The van der Waals surface area contributed by atoms with Crippen LogP contribution in [0.15, 0.2) is 16.8 Å². The van der Waals surface area contributed by atoms with Gasteiger partial charge in [0.2, 0.25) is 0 Å². The Kier molecular flexibility index (Phi) is 3.07. The number of hydrogen-bond donors (Lipinski definition) is 1. The third-order valence-corrected chi connectivity index (χ3v) is 1.48. The van der Waals surface area contributed by atoms with Crippen molar-refractivity contribution in [1.82, 2.24) is 5.06 Å². The van der Waals surface area contributed by atoms with Crippen LogP contribution in [-0.2, 0) is 4.84 Å². The van der Waals surface area contributed by atoms with E-state index in [0.29, 0.717) is 13.1 Å². The highest BCUT2D eigenvalue weighted by molar-refractivity contribution is 5.78. The molecule has 0 aromatic heterocycles. The maximum absolute atomic E-state index is 9.07. The Labute approximate surface area is 65.7 Å². The van der Waals surface area contributed by atoms with Crippen LogP contribution < -0.4 is 0 Å². The summed E-state index contributed by atoms with van der Waals surface area (Å²) in [6.45, 7) is 1.23.